The van der Waals surface area contributed by atoms with Crippen molar-refractivity contribution in [1.82, 2.24) is 21.1 Å². The fraction of sp³-hybridized carbons (Fsp3) is 0.474. The zero-order valence-electron chi connectivity index (χ0n) is 15.5. The number of nitrogens with zero attached hydrogens (tertiary/aromatic N) is 1. The van der Waals surface area contributed by atoms with Crippen LogP contribution in [-0.4, -0.2) is 34.3 Å². The molecule has 27 heavy (non-hydrogen) atoms. The molecule has 1 saturated heterocycles. The van der Waals surface area contributed by atoms with Crippen molar-refractivity contribution >= 4 is 35.1 Å². The van der Waals surface area contributed by atoms with Gasteiger partial charge in [-0.25, -0.2) is 0 Å². The Bertz CT molecular complexity index is 681. The normalized spacial score (nSPS) is 16.1. The van der Waals surface area contributed by atoms with Gasteiger partial charge in [0.1, 0.15) is 0 Å². The minimum Gasteiger partial charge on any atom is -0.338 e. The first kappa shape index (κ1) is 20.8. The molecular weight excluding hydrogens is 364 g/mol. The van der Waals surface area contributed by atoms with Crippen LogP contribution >= 0.6 is 12.2 Å². The third-order valence-corrected chi connectivity index (χ3v) is 4.57. The second-order valence-corrected chi connectivity index (χ2v) is 7.02. The summed E-state index contributed by atoms with van der Waals surface area (Å²) in [6.07, 6.45) is 3.39. The van der Waals surface area contributed by atoms with E-state index in [2.05, 4.69) is 23.1 Å². The molecule has 146 valence electrons. The van der Waals surface area contributed by atoms with Gasteiger partial charge >= 0.3 is 0 Å². The molecule has 0 aliphatic carbocycles. The minimum atomic E-state index is -0.447. The molecule has 1 atom stereocenters. The van der Waals surface area contributed by atoms with Crippen molar-refractivity contribution in [3.05, 3.63) is 35.9 Å². The third-order valence-electron chi connectivity index (χ3n) is 4.36. The van der Waals surface area contributed by atoms with Crippen LogP contribution < -0.4 is 16.2 Å². The highest BCUT2D eigenvalue weighted by molar-refractivity contribution is 7.80. The van der Waals surface area contributed by atoms with E-state index in [9.17, 15) is 14.4 Å². The Morgan fingerprint density at radius 3 is 2.63 bits per heavy atom. The van der Waals surface area contributed by atoms with Crippen LogP contribution in [0.3, 0.4) is 0 Å². The minimum absolute atomic E-state index is 0.0502. The van der Waals surface area contributed by atoms with Gasteiger partial charge in [0.25, 0.3) is 0 Å². The summed E-state index contributed by atoms with van der Waals surface area (Å²) in [5, 5.41) is 2.58. The molecule has 0 aromatic heterocycles. The summed E-state index contributed by atoms with van der Waals surface area (Å²) in [6.45, 7) is 2.91. The summed E-state index contributed by atoms with van der Waals surface area (Å²) < 4.78 is 0. The smallest absolute Gasteiger partial charge is 0.243 e. The van der Waals surface area contributed by atoms with Gasteiger partial charge in [-0.1, -0.05) is 50.1 Å². The summed E-state index contributed by atoms with van der Waals surface area (Å²) >= 11 is 5.00. The van der Waals surface area contributed by atoms with E-state index in [1.165, 1.54) is 0 Å². The predicted octanol–water partition coefficient (Wildman–Crippen LogP) is 1.64. The zero-order chi connectivity index (χ0) is 19.6. The van der Waals surface area contributed by atoms with E-state index in [-0.39, 0.29) is 29.3 Å². The van der Waals surface area contributed by atoms with E-state index < -0.39 is 5.92 Å². The van der Waals surface area contributed by atoms with E-state index in [0.29, 0.717) is 19.5 Å². The lowest BCUT2D eigenvalue weighted by molar-refractivity contribution is -0.129. The van der Waals surface area contributed by atoms with Crippen LogP contribution in [-0.2, 0) is 20.9 Å². The standard InChI is InChI=1S/C19H26N4O3S/c1-2-3-5-10-16(24)20-19(27)22-21-18(26)15-11-17(25)23(13-15)12-14-8-6-4-7-9-14/h4,6-9,15H,2-3,5,10-13H2,1H3,(H,21,26)(H2,20,22,24,27). The van der Waals surface area contributed by atoms with Gasteiger partial charge in [0.2, 0.25) is 17.7 Å². The van der Waals surface area contributed by atoms with Crippen LogP contribution in [0.15, 0.2) is 30.3 Å². The largest absolute Gasteiger partial charge is 0.338 e. The molecule has 7 nitrogen and oxygen atoms in total. The highest BCUT2D eigenvalue weighted by Gasteiger charge is 2.34. The van der Waals surface area contributed by atoms with E-state index in [4.69, 9.17) is 12.2 Å². The number of hydrazine groups is 1. The van der Waals surface area contributed by atoms with E-state index in [1.807, 2.05) is 30.3 Å². The Morgan fingerprint density at radius 1 is 1.19 bits per heavy atom. The molecule has 8 heteroatoms. The van der Waals surface area contributed by atoms with Gasteiger partial charge in [0.05, 0.1) is 5.92 Å². The predicted molar refractivity (Wildman–Crippen MR) is 106 cm³/mol. The van der Waals surface area contributed by atoms with Crippen molar-refractivity contribution < 1.29 is 14.4 Å². The third kappa shape index (κ3) is 6.97. The fourth-order valence-corrected chi connectivity index (χ4v) is 3.05. The van der Waals surface area contributed by atoms with Crippen LogP contribution in [0.2, 0.25) is 0 Å². The number of carbonyl (C=O) groups excluding carboxylic acids is 3. The van der Waals surface area contributed by atoms with Gasteiger partial charge < -0.3 is 10.2 Å². The number of carbonyl (C=O) groups is 3. The molecule has 1 unspecified atom stereocenters. The van der Waals surface area contributed by atoms with Crippen molar-refractivity contribution in [3.63, 3.8) is 0 Å². The number of rotatable bonds is 7. The first-order valence-electron chi connectivity index (χ1n) is 9.21. The molecule has 1 aliphatic rings. The van der Waals surface area contributed by atoms with E-state index in [1.54, 1.807) is 4.90 Å². The first-order chi connectivity index (χ1) is 13.0. The van der Waals surface area contributed by atoms with Crippen molar-refractivity contribution in [1.29, 1.82) is 0 Å². The highest BCUT2D eigenvalue weighted by atomic mass is 32.1. The fourth-order valence-electron chi connectivity index (χ4n) is 2.88. The monoisotopic (exact) mass is 390 g/mol. The van der Waals surface area contributed by atoms with Crippen LogP contribution in [0.5, 0.6) is 0 Å². The Morgan fingerprint density at radius 2 is 1.93 bits per heavy atom. The second-order valence-electron chi connectivity index (χ2n) is 6.61. The van der Waals surface area contributed by atoms with Gasteiger partial charge in [0, 0.05) is 25.9 Å². The van der Waals surface area contributed by atoms with Crippen molar-refractivity contribution in [2.45, 2.75) is 45.6 Å². The summed E-state index contributed by atoms with van der Waals surface area (Å²) in [6, 6.07) is 9.65. The van der Waals surface area contributed by atoms with Gasteiger partial charge in [-0.05, 0) is 24.2 Å². The van der Waals surface area contributed by atoms with Gasteiger partial charge in [-0.3, -0.25) is 25.2 Å². The Hall–Kier alpha value is -2.48. The lowest BCUT2D eigenvalue weighted by atomic mass is 10.1. The molecule has 0 bridgehead atoms. The van der Waals surface area contributed by atoms with Crippen LogP contribution in [0, 0.1) is 5.92 Å². The van der Waals surface area contributed by atoms with Gasteiger partial charge in [-0.15, -0.1) is 0 Å². The molecule has 3 amide bonds. The van der Waals surface area contributed by atoms with Crippen LogP contribution in [0.4, 0.5) is 0 Å². The molecule has 3 N–H and O–H groups in total. The number of benzene rings is 1. The molecule has 0 radical (unpaired) electrons. The lowest BCUT2D eigenvalue weighted by Crippen LogP contribution is -2.50. The topological polar surface area (TPSA) is 90.5 Å². The maximum Gasteiger partial charge on any atom is 0.243 e. The molecule has 1 fully saturated rings. The van der Waals surface area contributed by atoms with E-state index in [0.717, 1.165) is 24.8 Å². The van der Waals surface area contributed by atoms with Crippen molar-refractivity contribution in [2.75, 3.05) is 6.54 Å². The number of hydrogen-bond donors (Lipinski definition) is 3. The van der Waals surface area contributed by atoms with Crippen molar-refractivity contribution in [3.8, 4) is 0 Å². The Labute approximate surface area is 164 Å². The quantitative estimate of drug-likeness (QED) is 0.374. The average Bonchev–Trinajstić information content (AvgIpc) is 3.01. The average molecular weight is 391 g/mol. The number of thiocarbonyl (C=S) groups is 1. The molecule has 2 rings (SSSR count). The molecule has 1 aromatic carbocycles. The van der Waals surface area contributed by atoms with E-state index >= 15 is 0 Å². The van der Waals surface area contributed by atoms with Gasteiger partial charge in [0.15, 0.2) is 5.11 Å². The van der Waals surface area contributed by atoms with Gasteiger partial charge in [-0.2, -0.15) is 0 Å². The number of amides is 3. The summed E-state index contributed by atoms with van der Waals surface area (Å²) in [5.41, 5.74) is 6.03. The lowest BCUT2D eigenvalue weighted by Gasteiger charge is -2.17. The maximum absolute atomic E-state index is 12.3. The maximum atomic E-state index is 12.3. The Balaban J connectivity index is 1.72. The summed E-state index contributed by atoms with van der Waals surface area (Å²) in [5.74, 6) is -0.996. The molecule has 1 aromatic rings. The SMILES string of the molecule is CCCCCC(=O)NC(=S)NNC(=O)C1CC(=O)N(Cc2ccccc2)C1. The molecule has 1 heterocycles. The first-order valence-corrected chi connectivity index (χ1v) is 9.61. The molecule has 0 saturated carbocycles. The second kappa shape index (κ2) is 10.6. The molecular formula is C19H26N4O3S. The van der Waals surface area contributed by atoms with Crippen LogP contribution in [0.25, 0.3) is 0 Å². The highest BCUT2D eigenvalue weighted by Crippen LogP contribution is 2.20. The summed E-state index contributed by atoms with van der Waals surface area (Å²) in [4.78, 5) is 37.8. The molecule has 1 aliphatic heterocycles. The number of hydrogen-bond acceptors (Lipinski definition) is 4. The Kier molecular flexibility index (Phi) is 8.19. The molecule has 0 spiro atoms. The zero-order valence-corrected chi connectivity index (χ0v) is 16.3. The number of nitrogens with one attached hydrogen (secondary N) is 3. The number of likely N-dealkylation sites (tertiary alicyclic amines) is 1. The van der Waals surface area contributed by atoms with Crippen molar-refractivity contribution in [2.24, 2.45) is 5.92 Å². The summed E-state index contributed by atoms with van der Waals surface area (Å²) in [7, 11) is 0. The number of unbranched alkanes of at least 4 members (excludes halogenated alkanes) is 2. The van der Waals surface area contributed by atoms with Crippen LogP contribution in [0.1, 0.15) is 44.6 Å².